The topological polar surface area (TPSA) is 60.2 Å². The molecule has 2 atom stereocenters. The number of para-hydroxylation sites is 1. The summed E-state index contributed by atoms with van der Waals surface area (Å²) in [5.41, 5.74) is 1.07. The third-order valence-electron chi connectivity index (χ3n) is 3.99. The Hall–Kier alpha value is -1.88. The van der Waals surface area contributed by atoms with E-state index in [-0.39, 0.29) is 6.04 Å². The molecular weight excluding hydrogens is 266 g/mol. The van der Waals surface area contributed by atoms with Crippen LogP contribution in [-0.4, -0.2) is 23.8 Å². The molecular formula is C16H21N3O2. The van der Waals surface area contributed by atoms with Crippen molar-refractivity contribution in [3.05, 3.63) is 41.5 Å². The van der Waals surface area contributed by atoms with E-state index in [1.165, 1.54) is 6.42 Å². The minimum atomic E-state index is 0.188. The van der Waals surface area contributed by atoms with Gasteiger partial charge in [-0.1, -0.05) is 30.3 Å². The Balaban J connectivity index is 1.73. The first-order valence-corrected chi connectivity index (χ1v) is 7.44. The molecule has 0 radical (unpaired) electrons. The van der Waals surface area contributed by atoms with Gasteiger partial charge in [0.15, 0.2) is 5.82 Å². The minimum absolute atomic E-state index is 0.188. The highest BCUT2D eigenvalue weighted by Gasteiger charge is 2.24. The van der Waals surface area contributed by atoms with Crippen molar-refractivity contribution >= 4 is 0 Å². The van der Waals surface area contributed by atoms with Crippen molar-refractivity contribution in [1.29, 1.82) is 0 Å². The van der Waals surface area contributed by atoms with Crippen LogP contribution in [0.1, 0.15) is 43.1 Å². The SMILES string of the molecule is COc1ccccc1Cc1noc(C2CC(C)CCN2)n1. The number of hydrogen-bond acceptors (Lipinski definition) is 5. The molecule has 0 aliphatic carbocycles. The van der Waals surface area contributed by atoms with Crippen LogP contribution in [0.25, 0.3) is 0 Å². The maximum atomic E-state index is 5.43. The molecule has 1 aliphatic rings. The zero-order valence-corrected chi connectivity index (χ0v) is 12.5. The molecule has 2 unspecified atom stereocenters. The lowest BCUT2D eigenvalue weighted by Crippen LogP contribution is -2.30. The van der Waals surface area contributed by atoms with Crippen molar-refractivity contribution < 1.29 is 9.26 Å². The van der Waals surface area contributed by atoms with E-state index in [1.54, 1.807) is 7.11 Å². The van der Waals surface area contributed by atoms with Crippen molar-refractivity contribution in [1.82, 2.24) is 15.5 Å². The van der Waals surface area contributed by atoms with E-state index in [4.69, 9.17) is 9.26 Å². The van der Waals surface area contributed by atoms with Gasteiger partial charge in [0.25, 0.3) is 0 Å². The van der Waals surface area contributed by atoms with Crippen LogP contribution in [0.2, 0.25) is 0 Å². The van der Waals surface area contributed by atoms with Gasteiger partial charge in [0, 0.05) is 12.0 Å². The molecule has 0 spiro atoms. The number of piperidine rings is 1. The van der Waals surface area contributed by atoms with Gasteiger partial charge in [-0.25, -0.2) is 0 Å². The number of hydrogen-bond donors (Lipinski definition) is 1. The van der Waals surface area contributed by atoms with Crippen LogP contribution in [0.3, 0.4) is 0 Å². The Bertz CT molecular complexity index is 597. The van der Waals surface area contributed by atoms with Crippen LogP contribution in [0.15, 0.2) is 28.8 Å². The van der Waals surface area contributed by atoms with Crippen LogP contribution in [-0.2, 0) is 6.42 Å². The molecule has 21 heavy (non-hydrogen) atoms. The molecule has 1 aliphatic heterocycles. The van der Waals surface area contributed by atoms with E-state index < -0.39 is 0 Å². The average Bonchev–Trinajstić information content (AvgIpc) is 2.96. The first kappa shape index (κ1) is 14.1. The second kappa shape index (κ2) is 6.26. The fourth-order valence-corrected chi connectivity index (χ4v) is 2.80. The predicted octanol–water partition coefficient (Wildman–Crippen LogP) is 2.73. The predicted molar refractivity (Wildman–Crippen MR) is 79.2 cm³/mol. The zero-order valence-electron chi connectivity index (χ0n) is 12.5. The van der Waals surface area contributed by atoms with Gasteiger partial charge in [0.1, 0.15) is 5.75 Å². The number of rotatable bonds is 4. The quantitative estimate of drug-likeness (QED) is 0.937. The Morgan fingerprint density at radius 3 is 3.05 bits per heavy atom. The van der Waals surface area contributed by atoms with Crippen LogP contribution in [0, 0.1) is 5.92 Å². The minimum Gasteiger partial charge on any atom is -0.496 e. The van der Waals surface area contributed by atoms with Crippen LogP contribution in [0.4, 0.5) is 0 Å². The molecule has 5 nitrogen and oxygen atoms in total. The first-order chi connectivity index (χ1) is 10.3. The van der Waals surface area contributed by atoms with Crippen molar-refractivity contribution in [3.63, 3.8) is 0 Å². The summed E-state index contributed by atoms with van der Waals surface area (Å²) in [5, 5.41) is 7.55. The Morgan fingerprint density at radius 2 is 2.24 bits per heavy atom. The van der Waals surface area contributed by atoms with Gasteiger partial charge < -0.3 is 14.6 Å². The van der Waals surface area contributed by atoms with Crippen molar-refractivity contribution in [2.24, 2.45) is 5.92 Å². The van der Waals surface area contributed by atoms with Crippen molar-refractivity contribution in [3.8, 4) is 5.75 Å². The van der Waals surface area contributed by atoms with Crippen LogP contribution < -0.4 is 10.1 Å². The van der Waals surface area contributed by atoms with Gasteiger partial charge in [-0.2, -0.15) is 4.98 Å². The number of benzene rings is 1. The second-order valence-electron chi connectivity index (χ2n) is 5.67. The fraction of sp³-hybridized carbons (Fsp3) is 0.500. The lowest BCUT2D eigenvalue weighted by molar-refractivity contribution is 0.259. The summed E-state index contributed by atoms with van der Waals surface area (Å²) in [6.07, 6.45) is 2.88. The number of ether oxygens (including phenoxy) is 1. The smallest absolute Gasteiger partial charge is 0.243 e. The van der Waals surface area contributed by atoms with E-state index in [2.05, 4.69) is 22.4 Å². The van der Waals surface area contributed by atoms with Gasteiger partial charge in [-0.05, 0) is 31.4 Å². The molecule has 1 saturated heterocycles. The monoisotopic (exact) mass is 287 g/mol. The molecule has 0 amide bonds. The summed E-state index contributed by atoms with van der Waals surface area (Å²) in [6.45, 7) is 3.27. The maximum absolute atomic E-state index is 5.43. The second-order valence-corrected chi connectivity index (χ2v) is 5.67. The van der Waals surface area contributed by atoms with Crippen LogP contribution in [0.5, 0.6) is 5.75 Å². The van der Waals surface area contributed by atoms with E-state index in [0.29, 0.717) is 24.1 Å². The van der Waals surface area contributed by atoms with Gasteiger partial charge in [0.05, 0.1) is 13.2 Å². The molecule has 2 aromatic rings. The summed E-state index contributed by atoms with van der Waals surface area (Å²) in [7, 11) is 1.67. The Labute approximate surface area is 124 Å². The summed E-state index contributed by atoms with van der Waals surface area (Å²) in [4.78, 5) is 4.54. The summed E-state index contributed by atoms with van der Waals surface area (Å²) >= 11 is 0. The molecule has 1 aromatic carbocycles. The largest absolute Gasteiger partial charge is 0.496 e. The van der Waals surface area contributed by atoms with Gasteiger partial charge in [-0.3, -0.25) is 0 Å². The van der Waals surface area contributed by atoms with Crippen molar-refractivity contribution in [2.45, 2.75) is 32.2 Å². The number of nitrogens with zero attached hydrogens (tertiary/aromatic N) is 2. The van der Waals surface area contributed by atoms with E-state index in [9.17, 15) is 0 Å². The third-order valence-corrected chi connectivity index (χ3v) is 3.99. The standard InChI is InChI=1S/C16H21N3O2/c1-11-7-8-17-13(9-11)16-18-15(19-21-16)10-12-5-3-4-6-14(12)20-2/h3-6,11,13,17H,7-10H2,1-2H3. The molecule has 1 N–H and O–H groups in total. The van der Waals surface area contributed by atoms with Crippen LogP contribution >= 0.6 is 0 Å². The lowest BCUT2D eigenvalue weighted by atomic mass is 9.94. The molecule has 0 saturated carbocycles. The molecule has 0 bridgehead atoms. The molecule has 1 aromatic heterocycles. The molecule has 2 heterocycles. The molecule has 3 rings (SSSR count). The van der Waals surface area contributed by atoms with E-state index in [1.807, 2.05) is 24.3 Å². The summed E-state index contributed by atoms with van der Waals surface area (Å²) in [6, 6.07) is 8.10. The highest BCUT2D eigenvalue weighted by Crippen LogP contribution is 2.26. The van der Waals surface area contributed by atoms with E-state index in [0.717, 1.165) is 24.3 Å². The number of methoxy groups -OCH3 is 1. The summed E-state index contributed by atoms with van der Waals surface area (Å²) in [5.74, 6) is 2.95. The van der Waals surface area contributed by atoms with Gasteiger partial charge >= 0.3 is 0 Å². The first-order valence-electron chi connectivity index (χ1n) is 7.44. The Kier molecular flexibility index (Phi) is 4.20. The molecule has 5 heteroatoms. The maximum Gasteiger partial charge on any atom is 0.243 e. The highest BCUT2D eigenvalue weighted by atomic mass is 16.5. The third kappa shape index (κ3) is 3.24. The van der Waals surface area contributed by atoms with Gasteiger partial charge in [-0.15, -0.1) is 0 Å². The molecule has 112 valence electrons. The lowest BCUT2D eigenvalue weighted by Gasteiger charge is -2.25. The van der Waals surface area contributed by atoms with Crippen molar-refractivity contribution in [2.75, 3.05) is 13.7 Å². The normalized spacial score (nSPS) is 22.2. The summed E-state index contributed by atoms with van der Waals surface area (Å²) < 4.78 is 10.8. The van der Waals surface area contributed by atoms with E-state index >= 15 is 0 Å². The fourth-order valence-electron chi connectivity index (χ4n) is 2.80. The molecule has 1 fully saturated rings. The number of aromatic nitrogens is 2. The van der Waals surface area contributed by atoms with Gasteiger partial charge in [0.2, 0.25) is 5.89 Å². The highest BCUT2D eigenvalue weighted by molar-refractivity contribution is 5.35. The average molecular weight is 287 g/mol. The number of nitrogens with one attached hydrogen (secondary N) is 1. The Morgan fingerprint density at radius 1 is 1.38 bits per heavy atom. The zero-order chi connectivity index (χ0) is 14.7.